The van der Waals surface area contributed by atoms with Crippen LogP contribution in [-0.2, 0) is 4.79 Å². The Bertz CT molecular complexity index is 624. The highest BCUT2D eigenvalue weighted by Crippen LogP contribution is 2.40. The predicted molar refractivity (Wildman–Crippen MR) is 87.4 cm³/mol. The number of piperidine rings is 1. The Hall–Kier alpha value is -1.12. The van der Waals surface area contributed by atoms with E-state index in [9.17, 15) is 19.4 Å². The molecule has 0 bridgehead atoms. The van der Waals surface area contributed by atoms with Crippen LogP contribution in [0.25, 0.3) is 0 Å². The monoisotopic (exact) mass is 380 g/mol. The second-order valence-electron chi connectivity index (χ2n) is 5.81. The molecule has 2 atom stereocenters. The van der Waals surface area contributed by atoms with E-state index in [4.69, 9.17) is 34.0 Å². The number of carbonyl (C=O) groups is 1. The Morgan fingerprint density at radius 3 is 2.54 bits per heavy atom. The average Bonchev–Trinajstić information content (AvgIpc) is 2.61. The van der Waals surface area contributed by atoms with E-state index in [1.165, 1.54) is 11.0 Å². The van der Waals surface area contributed by atoms with Crippen molar-refractivity contribution in [3.63, 3.8) is 0 Å². The molecule has 2 unspecified atom stereocenters. The maximum atomic E-state index is 13.8. The summed E-state index contributed by atoms with van der Waals surface area (Å²) in [5.41, 5.74) is 6.31. The number of hydrogen-bond acceptors (Lipinski definition) is 5. The van der Waals surface area contributed by atoms with E-state index in [2.05, 4.69) is 0 Å². The molecule has 9 heteroatoms. The Labute approximate surface area is 148 Å². The van der Waals surface area contributed by atoms with E-state index in [0.29, 0.717) is 25.9 Å². The molecule has 24 heavy (non-hydrogen) atoms. The highest BCUT2D eigenvalue weighted by Gasteiger charge is 2.31. The second-order valence-corrected chi connectivity index (χ2v) is 6.60. The molecule has 1 saturated heterocycles. The number of aliphatic hydroxyl groups is 2. The lowest BCUT2D eigenvalue weighted by Gasteiger charge is -2.35. The van der Waals surface area contributed by atoms with Crippen molar-refractivity contribution >= 4 is 29.1 Å². The average molecular weight is 381 g/mol. The number of aliphatic hydroxyl groups excluding tert-OH is 2. The largest absolute Gasteiger partial charge is 0.505 e. The van der Waals surface area contributed by atoms with Crippen LogP contribution in [-0.4, -0.2) is 51.9 Å². The van der Waals surface area contributed by atoms with Crippen LogP contribution in [0.4, 0.5) is 4.39 Å². The molecular weight excluding hydrogens is 362 g/mol. The first-order valence-electron chi connectivity index (χ1n) is 7.47. The van der Waals surface area contributed by atoms with Crippen LogP contribution in [0.3, 0.4) is 0 Å². The van der Waals surface area contributed by atoms with Crippen molar-refractivity contribution in [2.75, 3.05) is 19.7 Å². The third-order valence-corrected chi connectivity index (χ3v) is 5.11. The lowest BCUT2D eigenvalue weighted by molar-refractivity contribution is -0.143. The second kappa shape index (κ2) is 7.84. The molecule has 0 spiro atoms. The molecule has 6 nitrogen and oxygen atoms in total. The van der Waals surface area contributed by atoms with Crippen molar-refractivity contribution in [3.8, 4) is 5.75 Å². The van der Waals surface area contributed by atoms with Gasteiger partial charge in [-0.05, 0) is 24.8 Å². The molecule has 1 heterocycles. The molecule has 1 aromatic carbocycles. The van der Waals surface area contributed by atoms with Crippen LogP contribution in [0.5, 0.6) is 5.75 Å². The number of benzene rings is 1. The van der Waals surface area contributed by atoms with Gasteiger partial charge in [-0.3, -0.25) is 4.79 Å². The third kappa shape index (κ3) is 3.75. The van der Waals surface area contributed by atoms with E-state index < -0.39 is 36.2 Å². The van der Waals surface area contributed by atoms with Crippen LogP contribution < -0.4 is 5.73 Å². The van der Waals surface area contributed by atoms with Crippen molar-refractivity contribution in [1.82, 2.24) is 4.90 Å². The smallest absolute Gasteiger partial charge is 0.253 e. The van der Waals surface area contributed by atoms with E-state index >= 15 is 0 Å². The first-order chi connectivity index (χ1) is 11.3. The van der Waals surface area contributed by atoms with E-state index in [0.717, 1.165) is 0 Å². The van der Waals surface area contributed by atoms with Gasteiger partial charge >= 0.3 is 0 Å². The normalized spacial score (nSPS) is 18.5. The van der Waals surface area contributed by atoms with Gasteiger partial charge in [0.2, 0.25) is 0 Å². The highest BCUT2D eigenvalue weighted by atomic mass is 35.5. The number of phenols is 1. The van der Waals surface area contributed by atoms with E-state index in [1.807, 2.05) is 0 Å². The minimum atomic E-state index is -1.43. The quantitative estimate of drug-likeness (QED) is 0.591. The summed E-state index contributed by atoms with van der Waals surface area (Å²) in [7, 11) is 0. The fourth-order valence-electron chi connectivity index (χ4n) is 2.88. The van der Waals surface area contributed by atoms with E-state index in [-0.39, 0.29) is 21.5 Å². The standard InChI is InChI=1S/C15H19Cl2FN2O4/c16-9-5-8(14(23)12(18)11(9)17)13(19)7-1-3-20(4-2-7)15(24)10(22)6-21/h5,7,10,13,21-23H,1-4,6,19H2. The summed E-state index contributed by atoms with van der Waals surface area (Å²) in [4.78, 5) is 13.3. The van der Waals surface area contributed by atoms with Gasteiger partial charge in [0.15, 0.2) is 17.7 Å². The summed E-state index contributed by atoms with van der Waals surface area (Å²) in [6.07, 6.45) is -0.415. The van der Waals surface area contributed by atoms with Crippen LogP contribution >= 0.6 is 23.2 Å². The topological polar surface area (TPSA) is 107 Å². The molecule has 1 amide bonds. The first-order valence-corrected chi connectivity index (χ1v) is 8.23. The number of phenolic OH excluding ortho intramolecular Hbond substituents is 1. The molecule has 1 aliphatic rings. The number of aromatic hydroxyl groups is 1. The van der Waals surface area contributed by atoms with Crippen molar-refractivity contribution in [2.24, 2.45) is 11.7 Å². The van der Waals surface area contributed by atoms with Gasteiger partial charge in [-0.1, -0.05) is 23.2 Å². The first kappa shape index (κ1) is 19.2. The molecule has 5 N–H and O–H groups in total. The molecule has 0 radical (unpaired) electrons. The zero-order valence-electron chi connectivity index (χ0n) is 12.8. The maximum absolute atomic E-state index is 13.8. The SMILES string of the molecule is NC(c1cc(Cl)c(Cl)c(F)c1O)C1CCN(C(=O)C(O)CO)CC1. The zero-order valence-corrected chi connectivity index (χ0v) is 14.3. The summed E-state index contributed by atoms with van der Waals surface area (Å²) in [6, 6.07) is 0.675. The molecule has 134 valence electrons. The number of rotatable bonds is 4. The van der Waals surface area contributed by atoms with Gasteiger partial charge in [0.1, 0.15) is 0 Å². The van der Waals surface area contributed by atoms with Gasteiger partial charge < -0.3 is 26.0 Å². The number of carbonyl (C=O) groups excluding carboxylic acids is 1. The lowest BCUT2D eigenvalue weighted by atomic mass is 9.85. The van der Waals surface area contributed by atoms with Crippen molar-refractivity contribution in [3.05, 3.63) is 27.5 Å². The maximum Gasteiger partial charge on any atom is 0.253 e. The summed E-state index contributed by atoms with van der Waals surface area (Å²) >= 11 is 11.5. The fourth-order valence-corrected chi connectivity index (χ4v) is 3.22. The summed E-state index contributed by atoms with van der Waals surface area (Å²) in [5, 5.41) is 27.7. The number of nitrogens with two attached hydrogens (primary N) is 1. The summed E-state index contributed by atoms with van der Waals surface area (Å²) in [6.45, 7) is 0.0619. The molecule has 1 aliphatic heterocycles. The van der Waals surface area contributed by atoms with Crippen LogP contribution in [0.15, 0.2) is 6.07 Å². The van der Waals surface area contributed by atoms with Gasteiger partial charge in [0.25, 0.3) is 5.91 Å². The van der Waals surface area contributed by atoms with Crippen LogP contribution in [0.2, 0.25) is 10.0 Å². The van der Waals surface area contributed by atoms with Crippen LogP contribution in [0, 0.1) is 11.7 Å². The number of amides is 1. The van der Waals surface area contributed by atoms with Crippen molar-refractivity contribution < 1.29 is 24.5 Å². The molecule has 0 aliphatic carbocycles. The molecule has 0 saturated carbocycles. The number of halogens is 3. The Morgan fingerprint density at radius 1 is 1.42 bits per heavy atom. The van der Waals surface area contributed by atoms with Gasteiger partial charge in [0, 0.05) is 24.7 Å². The lowest BCUT2D eigenvalue weighted by Crippen LogP contribution is -2.46. The van der Waals surface area contributed by atoms with Gasteiger partial charge in [-0.15, -0.1) is 0 Å². The minimum Gasteiger partial charge on any atom is -0.505 e. The number of nitrogens with zero attached hydrogens (tertiary/aromatic N) is 1. The number of likely N-dealkylation sites (tertiary alicyclic amines) is 1. The highest BCUT2D eigenvalue weighted by molar-refractivity contribution is 6.42. The molecule has 1 aromatic rings. The van der Waals surface area contributed by atoms with Crippen molar-refractivity contribution in [2.45, 2.75) is 25.0 Å². The van der Waals surface area contributed by atoms with Gasteiger partial charge in [-0.2, -0.15) is 0 Å². The van der Waals surface area contributed by atoms with Crippen LogP contribution in [0.1, 0.15) is 24.4 Å². The van der Waals surface area contributed by atoms with Crippen molar-refractivity contribution in [1.29, 1.82) is 0 Å². The Balaban J connectivity index is 2.09. The molecule has 0 aromatic heterocycles. The molecule has 1 fully saturated rings. The van der Waals surface area contributed by atoms with E-state index in [1.54, 1.807) is 0 Å². The molecule has 2 rings (SSSR count). The Kier molecular flexibility index (Phi) is 6.28. The van der Waals surface area contributed by atoms with Gasteiger partial charge in [-0.25, -0.2) is 4.39 Å². The predicted octanol–water partition coefficient (Wildman–Crippen LogP) is 1.43. The summed E-state index contributed by atoms with van der Waals surface area (Å²) in [5.74, 6) is -2.27. The minimum absolute atomic E-state index is 0.0314. The number of hydrogen-bond donors (Lipinski definition) is 4. The summed E-state index contributed by atoms with van der Waals surface area (Å²) < 4.78 is 13.8. The fraction of sp³-hybridized carbons (Fsp3) is 0.533. The molecular formula is C15H19Cl2FN2O4. The Morgan fingerprint density at radius 2 is 2.00 bits per heavy atom. The third-order valence-electron chi connectivity index (χ3n) is 4.34. The van der Waals surface area contributed by atoms with Gasteiger partial charge in [0.05, 0.1) is 16.7 Å². The zero-order chi connectivity index (χ0) is 18.0.